The average molecular weight is 655 g/mol. The van der Waals surface area contributed by atoms with E-state index in [0.717, 1.165) is 36.8 Å². The molecule has 2 N–H and O–H groups in total. The molecule has 3 fully saturated rings. The van der Waals surface area contributed by atoms with E-state index in [9.17, 15) is 14.0 Å². The SMILES string of the molecule is C=C[C@@]1(C)C[C@H](C)[C@]23CCC(=O)[C@H]2[C@@](C)(C(C)CC3)[C@H](OC(=O)Cn2cc(-c3ccc(Cn4cnc5c(N)nc(F)nc54)cc3)nn2)C1. The number of imidazole rings is 1. The van der Waals surface area contributed by atoms with Crippen molar-refractivity contribution in [3.8, 4) is 11.3 Å². The van der Waals surface area contributed by atoms with Crippen molar-refractivity contribution >= 4 is 28.7 Å². The molecule has 3 saturated carbocycles. The Morgan fingerprint density at radius 1 is 1.15 bits per heavy atom. The molecule has 1 aromatic carbocycles. The Balaban J connectivity index is 1.07. The number of ether oxygens (including phenoxy) is 1. The molecule has 0 saturated heterocycles. The number of carbonyl (C=O) groups is 2. The van der Waals surface area contributed by atoms with E-state index in [1.807, 2.05) is 30.3 Å². The molecule has 3 aromatic heterocycles. The first-order valence-electron chi connectivity index (χ1n) is 16.8. The van der Waals surface area contributed by atoms with Gasteiger partial charge in [-0.1, -0.05) is 63.2 Å². The Bertz CT molecular complexity index is 1900. The van der Waals surface area contributed by atoms with Crippen LogP contribution in [0.25, 0.3) is 22.4 Å². The smallest absolute Gasteiger partial charge is 0.328 e. The quantitative estimate of drug-likeness (QED) is 0.149. The number of aromatic nitrogens is 7. The van der Waals surface area contributed by atoms with Crippen LogP contribution >= 0.6 is 0 Å². The van der Waals surface area contributed by atoms with Crippen LogP contribution in [-0.2, 0) is 27.4 Å². The van der Waals surface area contributed by atoms with E-state index < -0.39 is 23.6 Å². The van der Waals surface area contributed by atoms with Crippen LogP contribution in [0.4, 0.5) is 10.2 Å². The molecular formula is C36H43FN8O3. The van der Waals surface area contributed by atoms with Gasteiger partial charge in [0.1, 0.15) is 29.6 Å². The van der Waals surface area contributed by atoms with E-state index in [0.29, 0.717) is 47.9 Å². The van der Waals surface area contributed by atoms with E-state index in [2.05, 4.69) is 59.5 Å². The summed E-state index contributed by atoms with van der Waals surface area (Å²) in [6.07, 6.45) is 9.13. The van der Waals surface area contributed by atoms with Gasteiger partial charge in [0, 0.05) is 23.3 Å². The Morgan fingerprint density at radius 3 is 2.67 bits per heavy atom. The van der Waals surface area contributed by atoms with Gasteiger partial charge in [-0.3, -0.25) is 9.59 Å². The first-order chi connectivity index (χ1) is 22.8. The highest BCUT2D eigenvalue weighted by Gasteiger charge is 2.66. The zero-order chi connectivity index (χ0) is 34.0. The van der Waals surface area contributed by atoms with Gasteiger partial charge in [-0.25, -0.2) is 9.67 Å². The number of fused-ring (bicyclic) bond motifs is 1. The molecule has 7 rings (SSSR count). The number of halogens is 1. The van der Waals surface area contributed by atoms with Crippen LogP contribution in [0.2, 0.25) is 0 Å². The molecule has 4 aromatic rings. The second-order valence-corrected chi connectivity index (χ2v) is 15.0. The molecular weight excluding hydrogens is 611 g/mol. The van der Waals surface area contributed by atoms with Gasteiger partial charge in [0.05, 0.1) is 19.1 Å². The number of Topliss-reactive ketones (excluding diaryl/α,β-unsaturated/α-hetero) is 1. The molecule has 3 heterocycles. The van der Waals surface area contributed by atoms with Gasteiger partial charge in [-0.15, -0.1) is 11.7 Å². The van der Waals surface area contributed by atoms with Gasteiger partial charge in [-0.05, 0) is 60.3 Å². The van der Waals surface area contributed by atoms with Gasteiger partial charge < -0.3 is 15.0 Å². The first kappa shape index (κ1) is 32.1. The van der Waals surface area contributed by atoms with Crippen molar-refractivity contribution in [2.24, 2.45) is 34.0 Å². The molecule has 3 aliphatic rings. The lowest BCUT2D eigenvalue weighted by molar-refractivity contribution is -0.192. The van der Waals surface area contributed by atoms with Crippen molar-refractivity contribution in [1.29, 1.82) is 0 Å². The lowest BCUT2D eigenvalue weighted by atomic mass is 9.44. The Labute approximate surface area is 279 Å². The van der Waals surface area contributed by atoms with Gasteiger partial charge in [0.2, 0.25) is 0 Å². The number of benzene rings is 1. The third kappa shape index (κ3) is 5.20. The molecule has 3 aliphatic carbocycles. The molecule has 11 nitrogen and oxygen atoms in total. The van der Waals surface area contributed by atoms with Gasteiger partial charge >= 0.3 is 12.0 Å². The Kier molecular flexibility index (Phi) is 7.75. The standard InChI is InChI=1S/C36H43FN8O3/c1-6-34(4)15-22(3)36-13-11-21(2)35(5,30(36)26(46)12-14-36)27(16-34)48-28(47)19-45-18-25(42-43-45)24-9-7-23(8-10-24)17-44-20-39-29-31(38)40-33(37)41-32(29)44/h6-10,18,20-22,27,30H,1,11-17,19H2,2-5H3,(H2,38,40,41)/t21?,22-,27+,30-,34-,35-,36-/m0/s1. The molecule has 252 valence electrons. The Morgan fingerprint density at radius 2 is 1.92 bits per heavy atom. The number of anilines is 1. The molecule has 0 aliphatic heterocycles. The minimum Gasteiger partial charge on any atom is -0.460 e. The van der Waals surface area contributed by atoms with E-state index in [-0.39, 0.29) is 35.0 Å². The highest BCUT2D eigenvalue weighted by Crippen LogP contribution is 2.68. The summed E-state index contributed by atoms with van der Waals surface area (Å²) in [7, 11) is 0. The summed E-state index contributed by atoms with van der Waals surface area (Å²) in [5.74, 6) is 0.435. The van der Waals surface area contributed by atoms with Crippen molar-refractivity contribution in [3.05, 3.63) is 61.1 Å². The third-order valence-electron chi connectivity index (χ3n) is 12.2. The average Bonchev–Trinajstić information content (AvgIpc) is 3.77. The summed E-state index contributed by atoms with van der Waals surface area (Å²) < 4.78 is 23.4. The van der Waals surface area contributed by atoms with Crippen molar-refractivity contribution in [1.82, 2.24) is 34.5 Å². The number of hydrogen-bond donors (Lipinski definition) is 1. The topological polar surface area (TPSA) is 144 Å². The summed E-state index contributed by atoms with van der Waals surface area (Å²) in [6, 6.07) is 7.68. The van der Waals surface area contributed by atoms with Crippen LogP contribution in [0.1, 0.15) is 71.8 Å². The van der Waals surface area contributed by atoms with Crippen LogP contribution in [0.3, 0.4) is 0 Å². The summed E-state index contributed by atoms with van der Waals surface area (Å²) in [5.41, 5.74) is 8.08. The number of allylic oxidation sites excluding steroid dienone is 1. The predicted octanol–water partition coefficient (Wildman–Crippen LogP) is 5.79. The number of carbonyl (C=O) groups excluding carboxylic acids is 2. The monoisotopic (exact) mass is 654 g/mol. The van der Waals surface area contributed by atoms with Gasteiger partial charge in [0.25, 0.3) is 0 Å². The fraction of sp³-hybridized carbons (Fsp3) is 0.528. The van der Waals surface area contributed by atoms with Gasteiger partial charge in [-0.2, -0.15) is 14.4 Å². The second kappa shape index (κ2) is 11.6. The fourth-order valence-corrected chi connectivity index (χ4v) is 9.39. The van der Waals surface area contributed by atoms with Crippen LogP contribution < -0.4 is 5.73 Å². The molecule has 2 bridgehead atoms. The molecule has 0 spiro atoms. The lowest BCUT2D eigenvalue weighted by Crippen LogP contribution is -2.60. The maximum absolute atomic E-state index is 13.8. The summed E-state index contributed by atoms with van der Waals surface area (Å²) in [6.45, 7) is 13.5. The minimum absolute atomic E-state index is 0.00295. The van der Waals surface area contributed by atoms with E-state index >= 15 is 0 Å². The van der Waals surface area contributed by atoms with E-state index in [1.165, 1.54) is 4.68 Å². The number of esters is 1. The third-order valence-corrected chi connectivity index (χ3v) is 12.2. The van der Waals surface area contributed by atoms with Crippen LogP contribution in [0.15, 0.2) is 49.4 Å². The van der Waals surface area contributed by atoms with Crippen molar-refractivity contribution in [3.63, 3.8) is 0 Å². The predicted molar refractivity (Wildman–Crippen MR) is 178 cm³/mol. The zero-order valence-corrected chi connectivity index (χ0v) is 28.0. The molecule has 1 unspecified atom stereocenters. The summed E-state index contributed by atoms with van der Waals surface area (Å²) in [4.78, 5) is 38.9. The molecule has 0 radical (unpaired) electrons. The molecule has 7 atom stereocenters. The number of nitrogens with zero attached hydrogens (tertiary/aromatic N) is 7. The Hall–Kier alpha value is -4.48. The van der Waals surface area contributed by atoms with Gasteiger partial charge in [0.15, 0.2) is 11.5 Å². The number of hydrogen-bond acceptors (Lipinski definition) is 9. The number of ketones is 1. The zero-order valence-electron chi connectivity index (χ0n) is 28.0. The maximum atomic E-state index is 13.8. The van der Waals surface area contributed by atoms with E-state index in [4.69, 9.17) is 10.5 Å². The van der Waals surface area contributed by atoms with Crippen molar-refractivity contribution in [2.75, 3.05) is 5.73 Å². The van der Waals surface area contributed by atoms with Crippen molar-refractivity contribution < 1.29 is 18.7 Å². The highest BCUT2D eigenvalue weighted by molar-refractivity contribution is 5.86. The lowest BCUT2D eigenvalue weighted by Gasteiger charge is -2.60. The second-order valence-electron chi connectivity index (χ2n) is 15.0. The molecule has 48 heavy (non-hydrogen) atoms. The number of rotatable bonds is 7. The minimum atomic E-state index is -0.901. The number of nitrogens with two attached hydrogens (primary N) is 1. The van der Waals surface area contributed by atoms with Crippen LogP contribution in [0, 0.1) is 40.1 Å². The first-order valence-corrected chi connectivity index (χ1v) is 16.8. The summed E-state index contributed by atoms with van der Waals surface area (Å²) >= 11 is 0. The number of nitrogen functional groups attached to an aromatic ring is 1. The van der Waals surface area contributed by atoms with E-state index in [1.54, 1.807) is 17.1 Å². The molecule has 0 amide bonds. The molecule has 12 heteroatoms. The van der Waals surface area contributed by atoms with Crippen LogP contribution in [-0.4, -0.2) is 52.4 Å². The summed E-state index contributed by atoms with van der Waals surface area (Å²) in [5, 5.41) is 8.54. The maximum Gasteiger partial charge on any atom is 0.328 e. The fourth-order valence-electron chi connectivity index (χ4n) is 9.39. The van der Waals surface area contributed by atoms with Crippen molar-refractivity contribution in [2.45, 2.75) is 85.4 Å². The largest absolute Gasteiger partial charge is 0.460 e. The highest BCUT2D eigenvalue weighted by atomic mass is 19.1. The normalized spacial score (nSPS) is 31.6. The van der Waals surface area contributed by atoms with Crippen LogP contribution in [0.5, 0.6) is 0 Å².